The molecule has 3 aromatic rings. The molecule has 1 aromatic heterocycles. The maximum atomic E-state index is 5.15. The smallest absolute Gasteiger partial charge is 0.112 e. The summed E-state index contributed by atoms with van der Waals surface area (Å²) in [6.07, 6.45) is 37.1. The molecule has 0 saturated carbocycles. The third-order valence-electron chi connectivity index (χ3n) is 10.8. The normalized spacial score (nSPS) is 13.5. The lowest BCUT2D eigenvalue weighted by molar-refractivity contribution is 0.321. The van der Waals surface area contributed by atoms with Gasteiger partial charge in [0.05, 0.1) is 0 Å². The Morgan fingerprint density at radius 3 is 1.51 bits per heavy atom. The molecule has 0 bridgehead atoms. The summed E-state index contributed by atoms with van der Waals surface area (Å²) in [5.74, 6) is 1.69. The quantitative estimate of drug-likeness (QED) is 0.0690. The van der Waals surface area contributed by atoms with Gasteiger partial charge in [0.1, 0.15) is 5.82 Å². The third-order valence-corrected chi connectivity index (χ3v) is 10.8. The molecule has 0 fully saturated rings. The van der Waals surface area contributed by atoms with Gasteiger partial charge in [0, 0.05) is 30.3 Å². The van der Waals surface area contributed by atoms with Gasteiger partial charge in [-0.05, 0) is 30.4 Å². The van der Waals surface area contributed by atoms with E-state index in [0.29, 0.717) is 5.92 Å². The molecule has 2 aromatic carbocycles. The van der Waals surface area contributed by atoms with Crippen molar-refractivity contribution >= 4 is 0 Å². The summed E-state index contributed by atoms with van der Waals surface area (Å²) in [7, 11) is 0. The molecule has 262 valence electrons. The zero-order valence-electron chi connectivity index (χ0n) is 31.1. The second-order valence-corrected chi connectivity index (χ2v) is 14.8. The van der Waals surface area contributed by atoms with E-state index in [1.54, 1.807) is 0 Å². The highest BCUT2D eigenvalue weighted by Crippen LogP contribution is 2.44. The Hall–Kier alpha value is -2.35. The molecule has 0 radical (unpaired) electrons. The van der Waals surface area contributed by atoms with Gasteiger partial charge in [-0.2, -0.15) is 0 Å². The van der Waals surface area contributed by atoms with Crippen molar-refractivity contribution in [3.05, 3.63) is 90.0 Å². The van der Waals surface area contributed by atoms with Crippen LogP contribution in [0.2, 0.25) is 0 Å². The highest BCUT2D eigenvalue weighted by Gasteiger charge is 2.39. The van der Waals surface area contributed by atoms with Gasteiger partial charge < -0.3 is 4.57 Å². The zero-order valence-corrected chi connectivity index (χ0v) is 31.1. The number of rotatable bonds is 29. The lowest BCUT2D eigenvalue weighted by Gasteiger charge is -2.39. The van der Waals surface area contributed by atoms with Gasteiger partial charge in [-0.15, -0.1) is 0 Å². The summed E-state index contributed by atoms with van der Waals surface area (Å²) in [5, 5.41) is 0. The van der Waals surface area contributed by atoms with E-state index < -0.39 is 0 Å². The van der Waals surface area contributed by atoms with Gasteiger partial charge in [0.2, 0.25) is 0 Å². The van der Waals surface area contributed by atoms with Crippen molar-refractivity contribution < 1.29 is 0 Å². The van der Waals surface area contributed by atoms with Gasteiger partial charge in [-0.1, -0.05) is 216 Å². The monoisotopic (exact) mass is 641 g/mol. The summed E-state index contributed by atoms with van der Waals surface area (Å²) in [5.41, 5.74) is 2.84. The van der Waals surface area contributed by atoms with Crippen LogP contribution in [0.3, 0.4) is 0 Å². The Kier molecular flexibility index (Phi) is 20.6. The van der Waals surface area contributed by atoms with Crippen LogP contribution in [0.25, 0.3) is 0 Å². The largest absolute Gasteiger partial charge is 0.335 e. The molecule has 47 heavy (non-hydrogen) atoms. The van der Waals surface area contributed by atoms with E-state index in [9.17, 15) is 0 Å². The molecule has 0 N–H and O–H groups in total. The highest BCUT2D eigenvalue weighted by molar-refractivity contribution is 5.33. The molecule has 0 saturated heterocycles. The summed E-state index contributed by atoms with van der Waals surface area (Å²) in [6.45, 7) is 8.23. The van der Waals surface area contributed by atoms with Crippen molar-refractivity contribution in [2.75, 3.05) is 0 Å². The Balaban J connectivity index is 1.59. The van der Waals surface area contributed by atoms with Crippen molar-refractivity contribution in [2.45, 2.75) is 193 Å². The molecule has 1 heterocycles. The molecule has 0 amide bonds. The number of imidazole rings is 1. The van der Waals surface area contributed by atoms with E-state index in [1.165, 1.54) is 165 Å². The summed E-state index contributed by atoms with van der Waals surface area (Å²) >= 11 is 0. The van der Waals surface area contributed by atoms with Crippen molar-refractivity contribution in [3.8, 4) is 0 Å². The molecule has 2 unspecified atom stereocenters. The lowest BCUT2D eigenvalue weighted by Crippen LogP contribution is -2.35. The van der Waals surface area contributed by atoms with Crippen LogP contribution in [0.1, 0.15) is 191 Å². The number of nitrogens with zero attached hydrogens (tertiary/aromatic N) is 2. The van der Waals surface area contributed by atoms with Crippen LogP contribution in [-0.2, 0) is 18.4 Å². The van der Waals surface area contributed by atoms with Crippen LogP contribution in [0.15, 0.2) is 73.1 Å². The molecule has 2 atom stereocenters. The average Bonchev–Trinajstić information content (AvgIpc) is 3.56. The minimum atomic E-state index is -0.0259. The number of benzene rings is 2. The first kappa shape index (κ1) is 39.1. The van der Waals surface area contributed by atoms with Crippen LogP contribution in [0.4, 0.5) is 0 Å². The second kappa shape index (κ2) is 24.7. The van der Waals surface area contributed by atoms with E-state index >= 15 is 0 Å². The molecule has 3 rings (SSSR count). The number of hydrogen-bond donors (Lipinski definition) is 0. The first-order valence-corrected chi connectivity index (χ1v) is 20.3. The molecular weight excluding hydrogens is 569 g/mol. The summed E-state index contributed by atoms with van der Waals surface area (Å²) < 4.78 is 2.53. The van der Waals surface area contributed by atoms with E-state index in [4.69, 9.17) is 4.98 Å². The van der Waals surface area contributed by atoms with E-state index in [-0.39, 0.29) is 5.41 Å². The lowest BCUT2D eigenvalue weighted by atomic mass is 9.66. The summed E-state index contributed by atoms with van der Waals surface area (Å²) in [6, 6.07) is 22.5. The Morgan fingerprint density at radius 2 is 1.00 bits per heavy atom. The standard InChI is InChI=1S/C45H72N2/c1-4-6-8-10-12-14-15-16-17-19-21-23-31-38-47-39-37-46-44(47)43(36-30-22-20-18-13-11-9-7-5-2)45(3,42-34-28-25-29-35-42)40-41-32-26-24-27-33-41/h24-29,32-35,37,39,43H,4-23,30-31,36,38,40H2,1-3H3. The molecule has 0 aliphatic heterocycles. The van der Waals surface area contributed by atoms with Crippen molar-refractivity contribution in [3.63, 3.8) is 0 Å². The molecular formula is C45H72N2. The Labute approximate surface area is 291 Å². The maximum absolute atomic E-state index is 5.15. The molecule has 2 nitrogen and oxygen atoms in total. The first-order chi connectivity index (χ1) is 23.2. The van der Waals surface area contributed by atoms with Crippen LogP contribution in [0.5, 0.6) is 0 Å². The fourth-order valence-electron chi connectivity index (χ4n) is 7.78. The minimum absolute atomic E-state index is 0.0259. The topological polar surface area (TPSA) is 17.8 Å². The molecule has 0 spiro atoms. The fraction of sp³-hybridized carbons (Fsp3) is 0.667. The minimum Gasteiger partial charge on any atom is -0.335 e. The maximum Gasteiger partial charge on any atom is 0.112 e. The first-order valence-electron chi connectivity index (χ1n) is 20.3. The number of unbranched alkanes of at least 4 members (excludes halogenated alkanes) is 20. The molecule has 0 aliphatic carbocycles. The number of aromatic nitrogens is 2. The van der Waals surface area contributed by atoms with Crippen LogP contribution in [0, 0.1) is 0 Å². The van der Waals surface area contributed by atoms with Crippen molar-refractivity contribution in [1.82, 2.24) is 9.55 Å². The molecule has 2 heteroatoms. The van der Waals surface area contributed by atoms with E-state index in [2.05, 4.69) is 98.4 Å². The fourth-order valence-corrected chi connectivity index (χ4v) is 7.78. The summed E-state index contributed by atoms with van der Waals surface area (Å²) in [4.78, 5) is 5.15. The van der Waals surface area contributed by atoms with Crippen LogP contribution in [-0.4, -0.2) is 9.55 Å². The number of aryl methyl sites for hydroxylation is 1. The van der Waals surface area contributed by atoms with Crippen molar-refractivity contribution in [2.24, 2.45) is 0 Å². The molecule has 0 aliphatic rings. The highest BCUT2D eigenvalue weighted by atomic mass is 15.1. The Bertz CT molecular complexity index is 1120. The average molecular weight is 641 g/mol. The van der Waals surface area contributed by atoms with Crippen LogP contribution < -0.4 is 0 Å². The second-order valence-electron chi connectivity index (χ2n) is 14.8. The van der Waals surface area contributed by atoms with Gasteiger partial charge in [0.25, 0.3) is 0 Å². The van der Waals surface area contributed by atoms with E-state index in [0.717, 1.165) is 13.0 Å². The van der Waals surface area contributed by atoms with Gasteiger partial charge in [-0.3, -0.25) is 0 Å². The van der Waals surface area contributed by atoms with Crippen molar-refractivity contribution in [1.29, 1.82) is 0 Å². The SMILES string of the molecule is CCCCCCCCCCCCCCCn1ccnc1C(CCCCCCCCCCC)C(C)(Cc1ccccc1)c1ccccc1. The van der Waals surface area contributed by atoms with E-state index in [1.807, 2.05) is 0 Å². The van der Waals surface area contributed by atoms with Crippen LogP contribution >= 0.6 is 0 Å². The third kappa shape index (κ3) is 15.2. The number of hydrogen-bond acceptors (Lipinski definition) is 1. The van der Waals surface area contributed by atoms with Gasteiger partial charge in [0.15, 0.2) is 0 Å². The zero-order chi connectivity index (χ0) is 33.3. The predicted molar refractivity (Wildman–Crippen MR) is 206 cm³/mol. The predicted octanol–water partition coefficient (Wildman–Crippen LogP) is 14.2. The Morgan fingerprint density at radius 1 is 0.553 bits per heavy atom. The van der Waals surface area contributed by atoms with Gasteiger partial charge >= 0.3 is 0 Å². The van der Waals surface area contributed by atoms with Gasteiger partial charge in [-0.25, -0.2) is 4.98 Å².